The average molecular weight is 480 g/mol. The molecule has 0 atom stereocenters. The molecule has 8 nitrogen and oxygen atoms in total. The number of halogens is 1. The third-order valence-corrected chi connectivity index (χ3v) is 5.95. The fraction of sp³-hybridized carbons (Fsp3) is 0.320. The predicted octanol–water partition coefficient (Wildman–Crippen LogP) is 4.11. The fourth-order valence-electron chi connectivity index (χ4n) is 3.96. The summed E-state index contributed by atoms with van der Waals surface area (Å²) >= 11 is 6.06. The summed E-state index contributed by atoms with van der Waals surface area (Å²) in [5.74, 6) is -0.0661. The molecule has 9 heteroatoms. The number of aromatic nitrogens is 2. The molecular formula is C25H26ClN5O3. The number of hydrazone groups is 1. The molecule has 4 rings (SSSR count). The van der Waals surface area contributed by atoms with Gasteiger partial charge in [-0.2, -0.15) is 5.10 Å². The molecule has 176 valence electrons. The van der Waals surface area contributed by atoms with E-state index in [-0.39, 0.29) is 36.8 Å². The number of hydrogen-bond acceptors (Lipinski definition) is 5. The van der Waals surface area contributed by atoms with Gasteiger partial charge in [-0.05, 0) is 55.7 Å². The first-order valence-electron chi connectivity index (χ1n) is 11.2. The van der Waals surface area contributed by atoms with Gasteiger partial charge in [-0.25, -0.2) is 9.99 Å². The highest BCUT2D eigenvalue weighted by Gasteiger charge is 2.29. The second-order valence-electron chi connectivity index (χ2n) is 8.44. The number of aryl methyl sites for hydroxylation is 2. The lowest BCUT2D eigenvalue weighted by atomic mass is 10.1. The molecule has 0 spiro atoms. The summed E-state index contributed by atoms with van der Waals surface area (Å²) < 4.78 is 0. The number of rotatable bonds is 6. The molecule has 0 bridgehead atoms. The Kier molecular flexibility index (Phi) is 6.79. The first kappa shape index (κ1) is 23.6. The van der Waals surface area contributed by atoms with E-state index < -0.39 is 0 Å². The molecule has 2 amide bonds. The minimum absolute atomic E-state index is 0.112. The third kappa shape index (κ3) is 4.87. The Labute approximate surface area is 202 Å². The van der Waals surface area contributed by atoms with Crippen LogP contribution in [0.2, 0.25) is 5.02 Å². The van der Waals surface area contributed by atoms with Crippen LogP contribution in [-0.4, -0.2) is 38.9 Å². The van der Waals surface area contributed by atoms with Gasteiger partial charge < -0.3 is 9.88 Å². The maximum Gasteiger partial charge on any atom is 0.270 e. The Hall–Kier alpha value is -3.52. The van der Waals surface area contributed by atoms with Gasteiger partial charge in [-0.1, -0.05) is 30.7 Å². The summed E-state index contributed by atoms with van der Waals surface area (Å²) in [6.45, 7) is 6.38. The second kappa shape index (κ2) is 9.77. The molecule has 0 fully saturated rings. The van der Waals surface area contributed by atoms with Crippen LogP contribution < -0.4 is 10.6 Å². The van der Waals surface area contributed by atoms with Crippen LogP contribution >= 0.6 is 11.6 Å². The molecule has 0 saturated carbocycles. The minimum atomic E-state index is -0.290. The molecule has 1 N–H and O–H groups in total. The van der Waals surface area contributed by atoms with Crippen LogP contribution in [0.4, 0.5) is 5.69 Å². The highest BCUT2D eigenvalue weighted by molar-refractivity contribution is 6.40. The molecule has 1 aromatic heterocycles. The average Bonchev–Trinajstić information content (AvgIpc) is 2.80. The van der Waals surface area contributed by atoms with Crippen LogP contribution in [0.1, 0.15) is 43.1 Å². The Balaban J connectivity index is 1.65. The second-order valence-corrected chi connectivity index (χ2v) is 8.88. The van der Waals surface area contributed by atoms with Crippen molar-refractivity contribution < 1.29 is 9.59 Å². The van der Waals surface area contributed by atoms with E-state index in [1.54, 1.807) is 23.1 Å². The van der Waals surface area contributed by atoms with Gasteiger partial charge in [0.15, 0.2) is 0 Å². The minimum Gasteiger partial charge on any atom is -0.330 e. The maximum atomic E-state index is 13.4. The first-order valence-corrected chi connectivity index (χ1v) is 11.6. The lowest BCUT2D eigenvalue weighted by Gasteiger charge is -2.28. The van der Waals surface area contributed by atoms with Crippen LogP contribution in [0.15, 0.2) is 46.3 Å². The number of nitrogens with one attached hydrogen (secondary N) is 1. The fourth-order valence-corrected chi connectivity index (χ4v) is 4.13. The van der Waals surface area contributed by atoms with Gasteiger partial charge in [0.1, 0.15) is 11.5 Å². The molecule has 0 aliphatic carbocycles. The van der Waals surface area contributed by atoms with Crippen molar-refractivity contribution in [2.75, 3.05) is 11.6 Å². The van der Waals surface area contributed by atoms with E-state index >= 15 is 0 Å². The van der Waals surface area contributed by atoms with Gasteiger partial charge in [0, 0.05) is 24.4 Å². The molecule has 3 aromatic rings. The van der Waals surface area contributed by atoms with Crippen molar-refractivity contribution in [1.29, 1.82) is 0 Å². The highest BCUT2D eigenvalue weighted by Crippen LogP contribution is 2.26. The van der Waals surface area contributed by atoms with Crippen LogP contribution in [0.25, 0.3) is 10.9 Å². The number of anilines is 1. The Morgan fingerprint density at radius 2 is 1.94 bits per heavy atom. The Morgan fingerprint density at radius 3 is 2.71 bits per heavy atom. The largest absolute Gasteiger partial charge is 0.330 e. The van der Waals surface area contributed by atoms with Crippen LogP contribution in [0.5, 0.6) is 0 Å². The maximum absolute atomic E-state index is 13.4. The van der Waals surface area contributed by atoms with Crippen molar-refractivity contribution in [1.82, 2.24) is 14.9 Å². The van der Waals surface area contributed by atoms with Gasteiger partial charge >= 0.3 is 0 Å². The Morgan fingerprint density at radius 1 is 1.15 bits per heavy atom. The van der Waals surface area contributed by atoms with Crippen LogP contribution in [0, 0.1) is 13.8 Å². The van der Waals surface area contributed by atoms with Crippen LogP contribution in [-0.2, 0) is 16.1 Å². The SMILES string of the molecule is CCCN(Cc1nc2cc(Cl)ccc2c(=O)[nH]1)C(=O)C1=NN(c2cc(C)ccc2C)C(=O)CC1. The standard InChI is InChI=1S/C25H26ClN5O3/c1-4-11-30(14-22-27-20-13-17(26)7-8-18(20)24(33)28-22)25(34)19-9-10-23(32)31(29-19)21-12-15(2)5-6-16(21)3/h5-8,12-13H,4,9-11,14H2,1-3H3,(H,27,28,33). The van der Waals surface area contributed by atoms with Gasteiger partial charge in [0.05, 0.1) is 23.1 Å². The number of hydrogen-bond donors (Lipinski definition) is 1. The van der Waals surface area contributed by atoms with Crippen LogP contribution in [0.3, 0.4) is 0 Å². The number of nitrogens with zero attached hydrogens (tertiary/aromatic N) is 4. The van der Waals surface area contributed by atoms with E-state index in [9.17, 15) is 14.4 Å². The summed E-state index contributed by atoms with van der Waals surface area (Å²) in [6, 6.07) is 10.7. The first-order chi connectivity index (χ1) is 16.3. The molecule has 1 aliphatic heterocycles. The van der Waals surface area contributed by atoms with Crippen molar-refractivity contribution in [3.8, 4) is 0 Å². The lowest BCUT2D eigenvalue weighted by molar-refractivity contribution is -0.125. The number of carbonyl (C=O) groups is 2. The summed E-state index contributed by atoms with van der Waals surface area (Å²) in [5.41, 5.74) is 3.06. The predicted molar refractivity (Wildman–Crippen MR) is 133 cm³/mol. The van der Waals surface area contributed by atoms with E-state index in [1.165, 1.54) is 5.01 Å². The molecule has 0 saturated heterocycles. The number of aromatic amines is 1. The molecule has 0 unspecified atom stereocenters. The quantitative estimate of drug-likeness (QED) is 0.575. The van der Waals surface area contributed by atoms with E-state index in [4.69, 9.17) is 11.6 Å². The molecule has 0 radical (unpaired) electrons. The number of fused-ring (bicyclic) bond motifs is 1. The molecule has 34 heavy (non-hydrogen) atoms. The van der Waals surface area contributed by atoms with Crippen molar-refractivity contribution in [2.45, 2.75) is 46.6 Å². The van der Waals surface area contributed by atoms with E-state index in [0.29, 0.717) is 46.1 Å². The summed E-state index contributed by atoms with van der Waals surface area (Å²) in [6.07, 6.45) is 1.17. The normalized spacial score (nSPS) is 13.8. The smallest absolute Gasteiger partial charge is 0.270 e. The number of H-pyrrole nitrogens is 1. The summed E-state index contributed by atoms with van der Waals surface area (Å²) in [4.78, 5) is 47.5. The molecule has 2 heterocycles. The molecule has 1 aliphatic rings. The van der Waals surface area contributed by atoms with Gasteiger partial charge in [-0.3, -0.25) is 14.4 Å². The lowest BCUT2D eigenvalue weighted by Crippen LogP contribution is -2.42. The summed E-state index contributed by atoms with van der Waals surface area (Å²) in [5, 5.41) is 6.70. The van der Waals surface area contributed by atoms with E-state index in [1.807, 2.05) is 39.0 Å². The zero-order chi connectivity index (χ0) is 24.4. The monoisotopic (exact) mass is 479 g/mol. The Bertz CT molecular complexity index is 1360. The van der Waals surface area contributed by atoms with Crippen molar-refractivity contribution >= 4 is 45.7 Å². The number of benzene rings is 2. The van der Waals surface area contributed by atoms with Crippen molar-refractivity contribution in [3.63, 3.8) is 0 Å². The highest BCUT2D eigenvalue weighted by atomic mass is 35.5. The summed E-state index contributed by atoms with van der Waals surface area (Å²) in [7, 11) is 0. The molecular weight excluding hydrogens is 454 g/mol. The van der Waals surface area contributed by atoms with E-state index in [2.05, 4.69) is 15.1 Å². The molecule has 2 aromatic carbocycles. The van der Waals surface area contributed by atoms with Crippen molar-refractivity contribution in [3.05, 3.63) is 68.7 Å². The zero-order valence-electron chi connectivity index (χ0n) is 19.4. The number of amides is 2. The van der Waals surface area contributed by atoms with Gasteiger partial charge in [0.2, 0.25) is 5.91 Å². The topological polar surface area (TPSA) is 98.7 Å². The third-order valence-electron chi connectivity index (χ3n) is 5.71. The van der Waals surface area contributed by atoms with Gasteiger partial charge in [0.25, 0.3) is 11.5 Å². The van der Waals surface area contributed by atoms with Crippen molar-refractivity contribution in [2.24, 2.45) is 5.10 Å². The zero-order valence-corrected chi connectivity index (χ0v) is 20.1. The van der Waals surface area contributed by atoms with Gasteiger partial charge in [-0.15, -0.1) is 0 Å². The van der Waals surface area contributed by atoms with E-state index in [0.717, 1.165) is 11.1 Å². The number of carbonyl (C=O) groups excluding carboxylic acids is 2.